The molecule has 0 unspecified atom stereocenters. The molecular formula is C14H23NO3. The monoisotopic (exact) mass is 253 g/mol. The van der Waals surface area contributed by atoms with Gasteiger partial charge in [-0.05, 0) is 44.0 Å². The lowest BCUT2D eigenvalue weighted by atomic mass is 10.2. The van der Waals surface area contributed by atoms with Crippen molar-refractivity contribution in [2.24, 2.45) is 0 Å². The molecule has 18 heavy (non-hydrogen) atoms. The van der Waals surface area contributed by atoms with Crippen molar-refractivity contribution < 1.29 is 14.6 Å². The van der Waals surface area contributed by atoms with Gasteiger partial charge in [-0.3, -0.25) is 0 Å². The summed E-state index contributed by atoms with van der Waals surface area (Å²) >= 11 is 0. The summed E-state index contributed by atoms with van der Waals surface area (Å²) in [5.41, 5.74) is 1.17. The molecule has 0 spiro atoms. The highest BCUT2D eigenvalue weighted by atomic mass is 16.5. The van der Waals surface area contributed by atoms with Gasteiger partial charge in [0.25, 0.3) is 0 Å². The molecule has 0 aliphatic carbocycles. The van der Waals surface area contributed by atoms with E-state index in [1.54, 1.807) is 7.11 Å². The molecule has 0 heterocycles. The number of unbranched alkanes of at least 4 members (excludes halogenated alkanes) is 1. The normalized spacial score (nSPS) is 10.4. The maximum Gasteiger partial charge on any atom is 0.161 e. The molecule has 0 atom stereocenters. The van der Waals surface area contributed by atoms with E-state index in [9.17, 15) is 0 Å². The number of hydrogen-bond acceptors (Lipinski definition) is 4. The number of aliphatic hydroxyl groups is 1. The van der Waals surface area contributed by atoms with E-state index in [4.69, 9.17) is 14.6 Å². The summed E-state index contributed by atoms with van der Waals surface area (Å²) in [7, 11) is 1.64. The molecule has 0 saturated heterocycles. The molecule has 0 amide bonds. The molecule has 4 nitrogen and oxygen atoms in total. The van der Waals surface area contributed by atoms with E-state index < -0.39 is 0 Å². The lowest BCUT2D eigenvalue weighted by Crippen LogP contribution is -2.15. The summed E-state index contributed by atoms with van der Waals surface area (Å²) in [4.78, 5) is 0. The fraction of sp³-hybridized carbons (Fsp3) is 0.571. The summed E-state index contributed by atoms with van der Waals surface area (Å²) in [6, 6.07) is 5.96. The van der Waals surface area contributed by atoms with Crippen LogP contribution in [0.15, 0.2) is 18.2 Å². The summed E-state index contributed by atoms with van der Waals surface area (Å²) in [6.07, 6.45) is 1.84. The van der Waals surface area contributed by atoms with Crippen LogP contribution in [0.1, 0.15) is 25.3 Å². The van der Waals surface area contributed by atoms with E-state index >= 15 is 0 Å². The molecule has 1 aromatic carbocycles. The quantitative estimate of drug-likeness (QED) is 0.661. The van der Waals surface area contributed by atoms with Crippen molar-refractivity contribution >= 4 is 0 Å². The highest BCUT2D eigenvalue weighted by Gasteiger charge is 2.04. The number of nitrogens with one attached hydrogen (secondary N) is 1. The van der Waals surface area contributed by atoms with Crippen molar-refractivity contribution in [1.82, 2.24) is 5.32 Å². The lowest BCUT2D eigenvalue weighted by Gasteiger charge is -2.11. The maximum absolute atomic E-state index is 8.68. The van der Waals surface area contributed by atoms with Crippen molar-refractivity contribution in [3.8, 4) is 11.5 Å². The van der Waals surface area contributed by atoms with Crippen molar-refractivity contribution in [2.45, 2.75) is 26.3 Å². The van der Waals surface area contributed by atoms with Crippen molar-refractivity contribution in [3.63, 3.8) is 0 Å². The average Bonchev–Trinajstić information content (AvgIpc) is 2.39. The van der Waals surface area contributed by atoms with Crippen LogP contribution in [0.3, 0.4) is 0 Å². The number of ether oxygens (including phenoxy) is 2. The molecule has 4 heteroatoms. The molecule has 0 aliphatic heterocycles. The van der Waals surface area contributed by atoms with E-state index in [1.165, 1.54) is 5.56 Å². The number of hydrogen-bond donors (Lipinski definition) is 2. The summed E-state index contributed by atoms with van der Waals surface area (Å²) in [6.45, 7) is 4.56. The molecule has 0 bridgehead atoms. The predicted molar refractivity (Wildman–Crippen MR) is 72.2 cm³/mol. The first-order valence-electron chi connectivity index (χ1n) is 6.43. The molecule has 102 valence electrons. The number of rotatable bonds is 9. The first-order valence-corrected chi connectivity index (χ1v) is 6.43. The molecule has 0 aliphatic rings. The topological polar surface area (TPSA) is 50.7 Å². The van der Waals surface area contributed by atoms with Gasteiger partial charge in [-0.25, -0.2) is 0 Å². The summed E-state index contributed by atoms with van der Waals surface area (Å²) in [5, 5.41) is 12.0. The van der Waals surface area contributed by atoms with Gasteiger partial charge in [-0.2, -0.15) is 0 Å². The fourth-order valence-corrected chi connectivity index (χ4v) is 1.69. The van der Waals surface area contributed by atoms with Gasteiger partial charge in [-0.1, -0.05) is 6.07 Å². The first-order chi connectivity index (χ1) is 8.81. The fourth-order valence-electron chi connectivity index (χ4n) is 1.69. The zero-order valence-corrected chi connectivity index (χ0v) is 11.2. The molecule has 0 saturated carbocycles. The van der Waals surface area contributed by atoms with Crippen LogP contribution in [0.5, 0.6) is 11.5 Å². The smallest absolute Gasteiger partial charge is 0.161 e. The highest BCUT2D eigenvalue weighted by molar-refractivity contribution is 5.42. The Morgan fingerprint density at radius 3 is 2.72 bits per heavy atom. The van der Waals surface area contributed by atoms with E-state index in [0.717, 1.165) is 37.4 Å². The van der Waals surface area contributed by atoms with Crippen LogP contribution in [0, 0.1) is 0 Å². The molecule has 1 rings (SSSR count). The van der Waals surface area contributed by atoms with Gasteiger partial charge in [0, 0.05) is 13.2 Å². The Bertz CT molecular complexity index is 342. The van der Waals surface area contributed by atoms with Crippen LogP contribution in [0.2, 0.25) is 0 Å². The van der Waals surface area contributed by atoms with Crippen LogP contribution in [0.4, 0.5) is 0 Å². The van der Waals surface area contributed by atoms with Crippen LogP contribution in [-0.4, -0.2) is 32.0 Å². The second kappa shape index (κ2) is 8.78. The first kappa shape index (κ1) is 14.8. The van der Waals surface area contributed by atoms with Gasteiger partial charge in [0.1, 0.15) is 0 Å². The standard InChI is InChI=1S/C14H23NO3/c1-3-18-14-10-12(6-7-13(14)17-2)11-15-8-4-5-9-16/h6-7,10,15-16H,3-5,8-9,11H2,1-2H3. The SMILES string of the molecule is CCOc1cc(CNCCCCO)ccc1OC. The van der Waals surface area contributed by atoms with E-state index in [1.807, 2.05) is 25.1 Å². The van der Waals surface area contributed by atoms with Gasteiger partial charge in [0.15, 0.2) is 11.5 Å². The lowest BCUT2D eigenvalue weighted by molar-refractivity contribution is 0.283. The molecule has 0 fully saturated rings. The minimum absolute atomic E-state index is 0.263. The third-order valence-electron chi connectivity index (χ3n) is 2.62. The summed E-state index contributed by atoms with van der Waals surface area (Å²) < 4.78 is 10.8. The molecule has 0 aromatic heterocycles. The maximum atomic E-state index is 8.68. The van der Waals surface area contributed by atoms with Crippen LogP contribution < -0.4 is 14.8 Å². The number of aliphatic hydroxyl groups excluding tert-OH is 1. The second-order valence-corrected chi connectivity index (χ2v) is 4.03. The van der Waals surface area contributed by atoms with E-state index in [2.05, 4.69) is 5.32 Å². The Morgan fingerprint density at radius 1 is 1.22 bits per heavy atom. The van der Waals surface area contributed by atoms with Crippen molar-refractivity contribution in [2.75, 3.05) is 26.9 Å². The van der Waals surface area contributed by atoms with Gasteiger partial charge >= 0.3 is 0 Å². The van der Waals surface area contributed by atoms with Gasteiger partial charge < -0.3 is 19.9 Å². The molecule has 2 N–H and O–H groups in total. The van der Waals surface area contributed by atoms with Crippen LogP contribution in [0.25, 0.3) is 0 Å². The predicted octanol–water partition coefficient (Wildman–Crippen LogP) is 1.96. The van der Waals surface area contributed by atoms with Gasteiger partial charge in [0.2, 0.25) is 0 Å². The minimum atomic E-state index is 0.263. The minimum Gasteiger partial charge on any atom is -0.493 e. The number of benzene rings is 1. The molecule has 1 aromatic rings. The molecule has 0 radical (unpaired) electrons. The Balaban J connectivity index is 2.48. The van der Waals surface area contributed by atoms with Crippen LogP contribution >= 0.6 is 0 Å². The Labute approximate surface area is 109 Å². The second-order valence-electron chi connectivity index (χ2n) is 4.03. The molecular weight excluding hydrogens is 230 g/mol. The zero-order valence-electron chi connectivity index (χ0n) is 11.2. The Morgan fingerprint density at radius 2 is 2.06 bits per heavy atom. The Hall–Kier alpha value is -1.26. The number of methoxy groups -OCH3 is 1. The average molecular weight is 253 g/mol. The van der Waals surface area contributed by atoms with E-state index in [-0.39, 0.29) is 6.61 Å². The Kier molecular flexibility index (Phi) is 7.22. The van der Waals surface area contributed by atoms with Crippen LogP contribution in [-0.2, 0) is 6.54 Å². The summed E-state index contributed by atoms with van der Waals surface area (Å²) in [5.74, 6) is 1.55. The van der Waals surface area contributed by atoms with Crippen molar-refractivity contribution in [3.05, 3.63) is 23.8 Å². The van der Waals surface area contributed by atoms with Gasteiger partial charge in [-0.15, -0.1) is 0 Å². The van der Waals surface area contributed by atoms with Crippen molar-refractivity contribution in [1.29, 1.82) is 0 Å². The third kappa shape index (κ3) is 4.94. The largest absolute Gasteiger partial charge is 0.493 e. The third-order valence-corrected chi connectivity index (χ3v) is 2.62. The zero-order chi connectivity index (χ0) is 13.2. The van der Waals surface area contributed by atoms with E-state index in [0.29, 0.717) is 6.61 Å². The van der Waals surface area contributed by atoms with Gasteiger partial charge in [0.05, 0.1) is 13.7 Å². The highest BCUT2D eigenvalue weighted by Crippen LogP contribution is 2.27.